The van der Waals surface area contributed by atoms with Crippen molar-refractivity contribution in [2.75, 3.05) is 0 Å². The van der Waals surface area contributed by atoms with E-state index in [1.165, 1.54) is 18.2 Å². The van der Waals surface area contributed by atoms with E-state index in [1.54, 1.807) is 12.1 Å². The van der Waals surface area contributed by atoms with Crippen molar-refractivity contribution < 1.29 is 4.92 Å². The summed E-state index contributed by atoms with van der Waals surface area (Å²) >= 11 is 23.8. The van der Waals surface area contributed by atoms with Crippen LogP contribution in [-0.4, -0.2) is 4.92 Å². The van der Waals surface area contributed by atoms with Gasteiger partial charge >= 0.3 is 0 Å². The lowest BCUT2D eigenvalue weighted by Crippen LogP contribution is -1.89. The lowest BCUT2D eigenvalue weighted by atomic mass is 10.1. The summed E-state index contributed by atoms with van der Waals surface area (Å²) in [4.78, 5) is 10.3. The fourth-order valence-corrected chi connectivity index (χ4v) is 2.38. The van der Waals surface area contributed by atoms with Crippen LogP contribution in [0.5, 0.6) is 0 Å². The highest BCUT2D eigenvalue weighted by molar-refractivity contribution is 6.48. The zero-order valence-corrected chi connectivity index (χ0v) is 12.2. The predicted molar refractivity (Wildman–Crippen MR) is 78.6 cm³/mol. The molecule has 0 unspecified atom stereocenters. The van der Waals surface area contributed by atoms with Crippen molar-refractivity contribution in [2.24, 2.45) is 0 Å². The molecule has 7 heteroatoms. The fraction of sp³-hybridized carbons (Fsp3) is 0. The third-order valence-corrected chi connectivity index (χ3v) is 3.98. The van der Waals surface area contributed by atoms with Crippen LogP contribution in [0.25, 0.3) is 11.1 Å². The molecule has 0 atom stereocenters. The Balaban J connectivity index is 2.64. The number of hydrogen-bond donors (Lipinski definition) is 0. The molecule has 0 aliphatic rings. The summed E-state index contributed by atoms with van der Waals surface area (Å²) in [5.74, 6) is 0. The Morgan fingerprint density at radius 1 is 0.895 bits per heavy atom. The summed E-state index contributed by atoms with van der Waals surface area (Å²) in [7, 11) is 0. The van der Waals surface area contributed by atoms with Gasteiger partial charge in [-0.25, -0.2) is 0 Å². The second kappa shape index (κ2) is 5.55. The van der Waals surface area contributed by atoms with Gasteiger partial charge in [-0.3, -0.25) is 10.1 Å². The molecule has 0 fully saturated rings. The van der Waals surface area contributed by atoms with Gasteiger partial charge in [0, 0.05) is 22.7 Å². The van der Waals surface area contributed by atoms with Crippen LogP contribution in [0.2, 0.25) is 20.1 Å². The molecule has 3 nitrogen and oxygen atoms in total. The molecule has 0 aromatic heterocycles. The molecule has 2 aromatic carbocycles. The highest BCUT2D eigenvalue weighted by Crippen LogP contribution is 2.38. The molecule has 2 rings (SSSR count). The minimum absolute atomic E-state index is 0.0680. The highest BCUT2D eigenvalue weighted by atomic mass is 35.5. The molecule has 0 radical (unpaired) electrons. The Morgan fingerprint density at radius 3 is 2.00 bits per heavy atom. The summed E-state index contributed by atoms with van der Waals surface area (Å²) in [5, 5.41) is 11.9. The first-order valence-corrected chi connectivity index (χ1v) is 6.50. The number of hydrogen-bond acceptors (Lipinski definition) is 2. The molecule has 0 spiro atoms. The third-order valence-electron chi connectivity index (χ3n) is 2.46. The lowest BCUT2D eigenvalue weighted by molar-refractivity contribution is -0.384. The molecular weight excluding hydrogens is 332 g/mol. The molecule has 0 bridgehead atoms. The number of rotatable bonds is 2. The van der Waals surface area contributed by atoms with Gasteiger partial charge in [-0.05, 0) is 23.8 Å². The van der Waals surface area contributed by atoms with Crippen molar-refractivity contribution in [1.82, 2.24) is 0 Å². The smallest absolute Gasteiger partial charge is 0.258 e. The van der Waals surface area contributed by atoms with Crippen molar-refractivity contribution in [3.8, 4) is 11.1 Å². The Kier molecular flexibility index (Phi) is 4.21. The topological polar surface area (TPSA) is 43.1 Å². The first-order chi connectivity index (χ1) is 8.90. The van der Waals surface area contributed by atoms with Crippen LogP contribution in [0, 0.1) is 10.1 Å². The Morgan fingerprint density at radius 2 is 1.47 bits per heavy atom. The average molecular weight is 337 g/mol. The maximum absolute atomic E-state index is 10.8. The summed E-state index contributed by atoms with van der Waals surface area (Å²) < 4.78 is 0. The zero-order chi connectivity index (χ0) is 14.2. The van der Waals surface area contributed by atoms with Crippen LogP contribution in [0.1, 0.15) is 0 Å². The van der Waals surface area contributed by atoms with Crippen LogP contribution in [0.15, 0.2) is 30.3 Å². The third kappa shape index (κ3) is 2.95. The normalized spacial score (nSPS) is 10.5. The van der Waals surface area contributed by atoms with E-state index >= 15 is 0 Å². The monoisotopic (exact) mass is 335 g/mol. The number of nitrogens with zero attached hydrogens (tertiary/aromatic N) is 1. The van der Waals surface area contributed by atoms with E-state index in [-0.39, 0.29) is 20.8 Å². The minimum Gasteiger partial charge on any atom is -0.258 e. The van der Waals surface area contributed by atoms with Crippen LogP contribution in [0.3, 0.4) is 0 Å². The van der Waals surface area contributed by atoms with E-state index in [0.29, 0.717) is 16.1 Å². The summed E-state index contributed by atoms with van der Waals surface area (Å²) in [5.41, 5.74) is 0.964. The summed E-state index contributed by atoms with van der Waals surface area (Å²) in [6, 6.07) is 7.25. The Hall–Kier alpha value is -1.000. The van der Waals surface area contributed by atoms with Gasteiger partial charge in [-0.2, -0.15) is 0 Å². The summed E-state index contributed by atoms with van der Waals surface area (Å²) in [6.07, 6.45) is 0. The van der Waals surface area contributed by atoms with Crippen molar-refractivity contribution in [1.29, 1.82) is 0 Å². The molecule has 0 N–H and O–H groups in total. The van der Waals surface area contributed by atoms with Gasteiger partial charge in [-0.15, -0.1) is 0 Å². The highest BCUT2D eigenvalue weighted by Gasteiger charge is 2.14. The molecule has 2 aromatic rings. The largest absolute Gasteiger partial charge is 0.270 e. The second-order valence-corrected chi connectivity index (χ2v) is 5.27. The number of benzene rings is 2. The maximum atomic E-state index is 10.8. The molecular formula is C12H5Cl4NO2. The predicted octanol–water partition coefficient (Wildman–Crippen LogP) is 5.88. The van der Waals surface area contributed by atoms with Crippen molar-refractivity contribution in [3.63, 3.8) is 0 Å². The molecule has 0 amide bonds. The first-order valence-electron chi connectivity index (χ1n) is 4.99. The van der Waals surface area contributed by atoms with Crippen LogP contribution < -0.4 is 0 Å². The SMILES string of the molecule is O=[N+]([O-])c1ccc(Cl)c(-c2cc(Cl)c(Cl)c(Cl)c2)c1. The van der Waals surface area contributed by atoms with Crippen molar-refractivity contribution in [3.05, 3.63) is 60.5 Å². The molecule has 0 saturated heterocycles. The molecule has 19 heavy (non-hydrogen) atoms. The van der Waals surface area contributed by atoms with Gasteiger partial charge in [0.1, 0.15) is 0 Å². The number of nitro groups is 1. The maximum Gasteiger partial charge on any atom is 0.270 e. The number of non-ortho nitro benzene ring substituents is 1. The van der Waals surface area contributed by atoms with E-state index < -0.39 is 4.92 Å². The number of nitro benzene ring substituents is 1. The molecule has 0 heterocycles. The van der Waals surface area contributed by atoms with E-state index in [2.05, 4.69) is 0 Å². The van der Waals surface area contributed by atoms with Gasteiger partial charge < -0.3 is 0 Å². The van der Waals surface area contributed by atoms with Gasteiger partial charge in [-0.1, -0.05) is 46.4 Å². The van der Waals surface area contributed by atoms with E-state index in [9.17, 15) is 10.1 Å². The Labute approximate surface area is 128 Å². The fourth-order valence-electron chi connectivity index (χ4n) is 1.56. The molecule has 0 saturated carbocycles. The minimum atomic E-state index is -0.501. The average Bonchev–Trinajstić information content (AvgIpc) is 2.35. The van der Waals surface area contributed by atoms with Gasteiger partial charge in [0.2, 0.25) is 0 Å². The van der Waals surface area contributed by atoms with E-state index in [1.807, 2.05) is 0 Å². The van der Waals surface area contributed by atoms with Crippen molar-refractivity contribution in [2.45, 2.75) is 0 Å². The van der Waals surface area contributed by atoms with Crippen LogP contribution >= 0.6 is 46.4 Å². The molecule has 98 valence electrons. The van der Waals surface area contributed by atoms with Gasteiger partial charge in [0.15, 0.2) is 0 Å². The number of halogens is 4. The van der Waals surface area contributed by atoms with E-state index in [4.69, 9.17) is 46.4 Å². The van der Waals surface area contributed by atoms with Gasteiger partial charge in [0.05, 0.1) is 20.0 Å². The zero-order valence-electron chi connectivity index (χ0n) is 9.16. The first kappa shape index (κ1) is 14.4. The lowest BCUT2D eigenvalue weighted by Gasteiger charge is -2.07. The van der Waals surface area contributed by atoms with Crippen LogP contribution in [-0.2, 0) is 0 Å². The quantitative estimate of drug-likeness (QED) is 0.390. The van der Waals surface area contributed by atoms with Crippen LogP contribution in [0.4, 0.5) is 5.69 Å². The van der Waals surface area contributed by atoms with E-state index in [0.717, 1.165) is 0 Å². The molecule has 0 aliphatic carbocycles. The second-order valence-electron chi connectivity index (χ2n) is 3.68. The van der Waals surface area contributed by atoms with Gasteiger partial charge in [0.25, 0.3) is 5.69 Å². The summed E-state index contributed by atoms with van der Waals surface area (Å²) in [6.45, 7) is 0. The standard InChI is InChI=1S/C12H5Cl4NO2/c13-9-2-1-7(17(18)19)5-8(9)6-3-10(14)12(16)11(15)4-6/h1-5H. The van der Waals surface area contributed by atoms with Crippen molar-refractivity contribution >= 4 is 52.1 Å². The Bertz CT molecular complexity index is 650. The molecule has 0 aliphatic heterocycles.